The van der Waals surface area contributed by atoms with Crippen molar-refractivity contribution in [1.29, 1.82) is 0 Å². The quantitative estimate of drug-likeness (QED) is 0.910. The fourth-order valence-electron chi connectivity index (χ4n) is 2.06. The van der Waals surface area contributed by atoms with Crippen LogP contribution >= 0.6 is 22.7 Å². The Bertz CT molecular complexity index is 564. The molecule has 0 aliphatic carbocycles. The smallest absolute Gasteiger partial charge is 0.0991 e. The Hall–Kier alpha value is -0.780. The molecule has 0 fully saturated rings. The van der Waals surface area contributed by atoms with Crippen molar-refractivity contribution in [2.75, 3.05) is 6.54 Å². The van der Waals surface area contributed by atoms with Crippen molar-refractivity contribution in [1.82, 2.24) is 15.3 Å². The summed E-state index contributed by atoms with van der Waals surface area (Å²) in [7, 11) is 0. The number of hydrogen-bond acceptors (Lipinski definition) is 5. The lowest BCUT2D eigenvalue weighted by Gasteiger charge is -2.17. The molecular formula is C15H23N3S2. The zero-order valence-electron chi connectivity index (χ0n) is 12.9. The number of aromatic nitrogens is 2. The van der Waals surface area contributed by atoms with Gasteiger partial charge in [0.05, 0.1) is 21.4 Å². The molecule has 2 aromatic rings. The highest BCUT2D eigenvalue weighted by Gasteiger charge is 2.23. The topological polar surface area (TPSA) is 37.8 Å². The molecule has 2 heterocycles. The molecule has 2 rings (SSSR count). The zero-order chi connectivity index (χ0) is 14.8. The summed E-state index contributed by atoms with van der Waals surface area (Å²) >= 11 is 3.53. The van der Waals surface area contributed by atoms with Crippen LogP contribution in [0, 0.1) is 6.92 Å². The first-order chi connectivity index (χ1) is 9.40. The largest absolute Gasteiger partial charge is 0.312 e. The molecule has 0 saturated heterocycles. The van der Waals surface area contributed by atoms with Gasteiger partial charge in [0.15, 0.2) is 0 Å². The van der Waals surface area contributed by atoms with Gasteiger partial charge in [0.2, 0.25) is 0 Å². The Morgan fingerprint density at radius 2 is 2.00 bits per heavy atom. The molecule has 0 unspecified atom stereocenters. The predicted octanol–water partition coefficient (Wildman–Crippen LogP) is 3.91. The summed E-state index contributed by atoms with van der Waals surface area (Å²) in [5.41, 5.74) is 2.46. The van der Waals surface area contributed by atoms with Gasteiger partial charge in [-0.15, -0.1) is 22.7 Å². The van der Waals surface area contributed by atoms with Gasteiger partial charge in [-0.1, -0.05) is 27.7 Å². The normalized spacial score (nSPS) is 12.1. The number of nitrogens with one attached hydrogen (secondary N) is 1. The molecule has 110 valence electrons. The van der Waals surface area contributed by atoms with Gasteiger partial charge in [-0.25, -0.2) is 9.97 Å². The van der Waals surface area contributed by atoms with Gasteiger partial charge in [0.1, 0.15) is 0 Å². The maximum atomic E-state index is 4.88. The Balaban J connectivity index is 2.23. The van der Waals surface area contributed by atoms with E-state index in [1.165, 1.54) is 15.6 Å². The second-order valence-electron chi connectivity index (χ2n) is 5.94. The third kappa shape index (κ3) is 3.87. The minimum Gasteiger partial charge on any atom is -0.312 e. The van der Waals surface area contributed by atoms with Gasteiger partial charge in [-0.3, -0.25) is 0 Å². The molecular weight excluding hydrogens is 286 g/mol. The summed E-state index contributed by atoms with van der Waals surface area (Å²) < 4.78 is 0. The van der Waals surface area contributed by atoms with Crippen LogP contribution in [0.25, 0.3) is 0 Å². The molecule has 0 spiro atoms. The molecule has 0 amide bonds. The van der Waals surface area contributed by atoms with E-state index in [-0.39, 0.29) is 5.41 Å². The van der Waals surface area contributed by atoms with Crippen molar-refractivity contribution in [3.8, 4) is 0 Å². The Morgan fingerprint density at radius 3 is 2.55 bits per heavy atom. The number of hydrogen-bond donors (Lipinski definition) is 1. The monoisotopic (exact) mass is 309 g/mol. The Morgan fingerprint density at radius 1 is 1.25 bits per heavy atom. The summed E-state index contributed by atoms with van der Waals surface area (Å²) in [5, 5.41) is 7.85. The molecule has 0 atom stereocenters. The number of thiazole rings is 2. The molecule has 0 saturated carbocycles. The van der Waals surface area contributed by atoms with E-state index in [1.54, 1.807) is 11.3 Å². The van der Waals surface area contributed by atoms with Crippen LogP contribution < -0.4 is 5.32 Å². The van der Waals surface area contributed by atoms with E-state index in [9.17, 15) is 0 Å². The number of aryl methyl sites for hydroxylation is 1. The van der Waals surface area contributed by atoms with Crippen LogP contribution in [-0.2, 0) is 18.4 Å². The van der Waals surface area contributed by atoms with Gasteiger partial charge in [0, 0.05) is 28.6 Å². The second kappa shape index (κ2) is 6.33. The van der Waals surface area contributed by atoms with E-state index in [2.05, 4.69) is 43.4 Å². The lowest BCUT2D eigenvalue weighted by atomic mass is 9.91. The highest BCUT2D eigenvalue weighted by Crippen LogP contribution is 2.30. The average Bonchev–Trinajstić information content (AvgIpc) is 2.93. The summed E-state index contributed by atoms with van der Waals surface area (Å²) in [5.74, 6) is 0. The first kappa shape index (κ1) is 15.6. The summed E-state index contributed by atoms with van der Waals surface area (Å²) in [6.07, 6.45) is 0.851. The molecule has 0 aromatic carbocycles. The molecule has 1 N–H and O–H groups in total. The third-order valence-electron chi connectivity index (χ3n) is 2.99. The molecule has 5 heteroatoms. The first-order valence-corrected chi connectivity index (χ1v) is 8.70. The van der Waals surface area contributed by atoms with Gasteiger partial charge >= 0.3 is 0 Å². The number of nitrogens with zero attached hydrogens (tertiary/aromatic N) is 2. The zero-order valence-corrected chi connectivity index (χ0v) is 14.5. The second-order valence-corrected chi connectivity index (χ2v) is 8.17. The van der Waals surface area contributed by atoms with E-state index >= 15 is 0 Å². The van der Waals surface area contributed by atoms with Gasteiger partial charge in [-0.05, 0) is 13.5 Å². The van der Waals surface area contributed by atoms with Crippen LogP contribution in [0.15, 0.2) is 5.38 Å². The van der Waals surface area contributed by atoms with E-state index in [0.717, 1.165) is 30.2 Å². The SMILES string of the molecule is CCNCc1sc(Cc2csc(C)n2)nc1C(C)(C)C. The maximum absolute atomic E-state index is 4.88. The molecule has 0 aliphatic rings. The van der Waals surface area contributed by atoms with Gasteiger partial charge < -0.3 is 5.32 Å². The lowest BCUT2D eigenvalue weighted by molar-refractivity contribution is 0.559. The van der Waals surface area contributed by atoms with Gasteiger partial charge in [0.25, 0.3) is 0 Å². The van der Waals surface area contributed by atoms with Crippen LogP contribution in [0.1, 0.15) is 54.0 Å². The van der Waals surface area contributed by atoms with Crippen molar-refractivity contribution in [3.63, 3.8) is 0 Å². The first-order valence-electron chi connectivity index (χ1n) is 7.01. The van der Waals surface area contributed by atoms with E-state index < -0.39 is 0 Å². The van der Waals surface area contributed by atoms with Crippen molar-refractivity contribution in [2.45, 2.75) is 53.0 Å². The average molecular weight is 310 g/mol. The van der Waals surface area contributed by atoms with Gasteiger partial charge in [-0.2, -0.15) is 0 Å². The fourth-order valence-corrected chi connectivity index (χ4v) is 3.94. The minimum atomic E-state index is 0.0947. The van der Waals surface area contributed by atoms with Crippen LogP contribution in [0.3, 0.4) is 0 Å². The lowest BCUT2D eigenvalue weighted by Crippen LogP contribution is -2.18. The van der Waals surface area contributed by atoms with Crippen LogP contribution in [0.4, 0.5) is 0 Å². The highest BCUT2D eigenvalue weighted by atomic mass is 32.1. The third-order valence-corrected chi connectivity index (χ3v) is 4.86. The standard InChI is InChI=1S/C15H23N3S2/c1-6-16-8-12-14(15(3,4)5)18-13(20-12)7-11-9-19-10(2)17-11/h9,16H,6-8H2,1-5H3. The Labute approximate surface area is 129 Å². The van der Waals surface area contributed by atoms with E-state index in [0.29, 0.717) is 0 Å². The molecule has 20 heavy (non-hydrogen) atoms. The number of rotatable bonds is 5. The van der Waals surface area contributed by atoms with Crippen molar-refractivity contribution >= 4 is 22.7 Å². The predicted molar refractivity (Wildman–Crippen MR) is 87.9 cm³/mol. The van der Waals surface area contributed by atoms with E-state index in [1.807, 2.05) is 18.3 Å². The van der Waals surface area contributed by atoms with Crippen LogP contribution in [0.5, 0.6) is 0 Å². The molecule has 0 aliphatic heterocycles. The van der Waals surface area contributed by atoms with Crippen LogP contribution in [-0.4, -0.2) is 16.5 Å². The summed E-state index contributed by atoms with van der Waals surface area (Å²) in [4.78, 5) is 10.8. The molecule has 0 bridgehead atoms. The fraction of sp³-hybridized carbons (Fsp3) is 0.600. The molecule has 0 radical (unpaired) electrons. The van der Waals surface area contributed by atoms with Crippen LogP contribution in [0.2, 0.25) is 0 Å². The molecule has 3 nitrogen and oxygen atoms in total. The maximum Gasteiger partial charge on any atom is 0.0991 e. The highest BCUT2D eigenvalue weighted by molar-refractivity contribution is 7.11. The minimum absolute atomic E-state index is 0.0947. The van der Waals surface area contributed by atoms with Crippen molar-refractivity contribution in [2.24, 2.45) is 0 Å². The Kier molecular flexibility index (Phi) is 4.94. The summed E-state index contributed by atoms with van der Waals surface area (Å²) in [6, 6.07) is 0. The summed E-state index contributed by atoms with van der Waals surface area (Å²) in [6.45, 7) is 12.8. The van der Waals surface area contributed by atoms with E-state index in [4.69, 9.17) is 4.98 Å². The molecule has 2 aromatic heterocycles. The van der Waals surface area contributed by atoms with Crippen molar-refractivity contribution in [3.05, 3.63) is 31.7 Å². The van der Waals surface area contributed by atoms with Crippen molar-refractivity contribution < 1.29 is 0 Å².